The summed E-state index contributed by atoms with van der Waals surface area (Å²) in [5.41, 5.74) is 1.20. The molecule has 3 aromatic rings. The fourth-order valence-electron chi connectivity index (χ4n) is 3.10. The number of methoxy groups -OCH3 is 2. The number of nitrogens with zero attached hydrogens (tertiary/aromatic N) is 2. The van der Waals surface area contributed by atoms with Crippen LogP contribution in [0.4, 0.5) is 5.13 Å². The van der Waals surface area contributed by atoms with Gasteiger partial charge in [-0.25, -0.2) is 0 Å². The highest BCUT2D eigenvalue weighted by Crippen LogP contribution is 2.29. The van der Waals surface area contributed by atoms with Crippen molar-refractivity contribution in [3.8, 4) is 22.1 Å². The van der Waals surface area contributed by atoms with Gasteiger partial charge in [-0.05, 0) is 30.2 Å². The van der Waals surface area contributed by atoms with Crippen LogP contribution in [0.25, 0.3) is 10.6 Å². The van der Waals surface area contributed by atoms with Crippen LogP contribution in [-0.2, 0) is 4.79 Å². The molecule has 2 amide bonds. The van der Waals surface area contributed by atoms with Crippen LogP contribution in [0, 0.1) is 5.92 Å². The third-order valence-corrected chi connectivity index (χ3v) is 6.54. The summed E-state index contributed by atoms with van der Waals surface area (Å²) >= 11 is 4.70. The Morgan fingerprint density at radius 3 is 2.58 bits per heavy atom. The minimum absolute atomic E-state index is 0.115. The lowest BCUT2D eigenvalue weighted by Gasteiger charge is -2.23. The lowest BCUT2D eigenvalue weighted by atomic mass is 9.98. The Bertz CT molecular complexity index is 1140. The van der Waals surface area contributed by atoms with Crippen LogP contribution in [0.3, 0.4) is 0 Å². The molecule has 0 unspecified atom stereocenters. The van der Waals surface area contributed by atoms with Gasteiger partial charge in [0, 0.05) is 16.1 Å². The summed E-state index contributed by atoms with van der Waals surface area (Å²) in [6.45, 7) is 3.87. The number of aromatic nitrogens is 2. The third kappa shape index (κ3) is 6.08. The lowest BCUT2D eigenvalue weighted by molar-refractivity contribution is -0.119. The lowest BCUT2D eigenvalue weighted by Crippen LogP contribution is -2.47. The molecule has 1 aromatic heterocycles. The minimum Gasteiger partial charge on any atom is -0.497 e. The maximum absolute atomic E-state index is 13.1. The topological polar surface area (TPSA) is 102 Å². The summed E-state index contributed by atoms with van der Waals surface area (Å²) in [6, 6.07) is 11.8. The predicted octanol–water partition coefficient (Wildman–Crippen LogP) is 4.77. The molecule has 8 nitrogen and oxygen atoms in total. The van der Waals surface area contributed by atoms with Crippen LogP contribution in [0.5, 0.6) is 11.5 Å². The van der Waals surface area contributed by atoms with E-state index in [4.69, 9.17) is 9.47 Å². The van der Waals surface area contributed by atoms with Crippen molar-refractivity contribution < 1.29 is 19.1 Å². The number of benzene rings is 2. The van der Waals surface area contributed by atoms with Gasteiger partial charge in [0.25, 0.3) is 5.91 Å². The average molecular weight is 533 g/mol. The molecule has 174 valence electrons. The van der Waals surface area contributed by atoms with Gasteiger partial charge in [0.15, 0.2) is 0 Å². The summed E-state index contributed by atoms with van der Waals surface area (Å²) in [5, 5.41) is 14.9. The van der Waals surface area contributed by atoms with Gasteiger partial charge in [-0.2, -0.15) is 0 Å². The van der Waals surface area contributed by atoms with E-state index >= 15 is 0 Å². The van der Waals surface area contributed by atoms with Crippen molar-refractivity contribution in [3.05, 3.63) is 52.5 Å². The maximum Gasteiger partial charge on any atom is 0.255 e. The van der Waals surface area contributed by atoms with Gasteiger partial charge >= 0.3 is 0 Å². The molecule has 0 fully saturated rings. The standard InChI is InChI=1S/C23H25BrN4O4S/c1-5-13(2)19(25-20(29)17-10-9-16(31-3)12-18(17)32-4)21(30)26-23-28-27-22(33-23)14-7-6-8-15(24)11-14/h6-13,19H,5H2,1-4H3,(H,25,29)(H,26,28,30)/t13-,19-/m1/s1. The number of hydrogen-bond donors (Lipinski definition) is 2. The molecule has 1 heterocycles. The average Bonchev–Trinajstić information content (AvgIpc) is 3.29. The van der Waals surface area contributed by atoms with Gasteiger partial charge < -0.3 is 14.8 Å². The van der Waals surface area contributed by atoms with Crippen LogP contribution < -0.4 is 20.1 Å². The molecular formula is C23H25BrN4O4S. The first kappa shape index (κ1) is 24.7. The number of rotatable bonds is 9. The zero-order valence-electron chi connectivity index (χ0n) is 18.7. The molecule has 0 saturated carbocycles. The molecule has 0 aliphatic heterocycles. The van der Waals surface area contributed by atoms with Gasteiger partial charge in [0.1, 0.15) is 22.5 Å². The molecular weight excluding hydrogens is 508 g/mol. The fraction of sp³-hybridized carbons (Fsp3) is 0.304. The second-order valence-corrected chi connectivity index (χ2v) is 9.21. The van der Waals surface area contributed by atoms with E-state index in [1.54, 1.807) is 18.2 Å². The molecule has 10 heteroatoms. The van der Waals surface area contributed by atoms with Crippen molar-refractivity contribution in [2.75, 3.05) is 19.5 Å². The number of hydrogen-bond acceptors (Lipinski definition) is 7. The van der Waals surface area contributed by atoms with Crippen LogP contribution in [0.15, 0.2) is 46.9 Å². The van der Waals surface area contributed by atoms with Crippen molar-refractivity contribution in [2.24, 2.45) is 5.92 Å². The zero-order chi connectivity index (χ0) is 24.0. The molecule has 2 atom stereocenters. The summed E-state index contributed by atoms with van der Waals surface area (Å²) in [5.74, 6) is 0.0370. The molecule has 0 bridgehead atoms. The number of carbonyl (C=O) groups excluding carboxylic acids is 2. The Morgan fingerprint density at radius 2 is 1.91 bits per heavy atom. The largest absolute Gasteiger partial charge is 0.497 e. The molecule has 0 saturated heterocycles. The van der Waals surface area contributed by atoms with Gasteiger partial charge in [0.2, 0.25) is 11.0 Å². The molecule has 2 N–H and O–H groups in total. The summed E-state index contributed by atoms with van der Waals surface area (Å²) in [7, 11) is 3.01. The smallest absolute Gasteiger partial charge is 0.255 e. The Labute approximate surface area is 204 Å². The number of anilines is 1. The maximum atomic E-state index is 13.1. The van der Waals surface area contributed by atoms with E-state index in [0.717, 1.165) is 10.0 Å². The Hall–Kier alpha value is -2.98. The quantitative estimate of drug-likeness (QED) is 0.411. The van der Waals surface area contributed by atoms with Gasteiger partial charge in [-0.1, -0.05) is 59.7 Å². The van der Waals surface area contributed by atoms with E-state index in [1.165, 1.54) is 25.6 Å². The molecule has 33 heavy (non-hydrogen) atoms. The molecule has 0 spiro atoms. The minimum atomic E-state index is -0.771. The first-order valence-electron chi connectivity index (χ1n) is 10.3. The monoisotopic (exact) mass is 532 g/mol. The zero-order valence-corrected chi connectivity index (χ0v) is 21.1. The highest BCUT2D eigenvalue weighted by molar-refractivity contribution is 9.10. The van der Waals surface area contributed by atoms with Crippen molar-refractivity contribution in [1.82, 2.24) is 15.5 Å². The normalized spacial score (nSPS) is 12.5. The highest BCUT2D eigenvalue weighted by Gasteiger charge is 2.28. The van der Waals surface area contributed by atoms with Crippen LogP contribution >= 0.6 is 27.3 Å². The first-order valence-corrected chi connectivity index (χ1v) is 11.9. The number of amides is 2. The molecule has 0 radical (unpaired) electrons. The van der Waals surface area contributed by atoms with Crippen molar-refractivity contribution >= 4 is 44.2 Å². The predicted molar refractivity (Wildman–Crippen MR) is 132 cm³/mol. The van der Waals surface area contributed by atoms with Crippen molar-refractivity contribution in [2.45, 2.75) is 26.3 Å². The van der Waals surface area contributed by atoms with E-state index in [-0.39, 0.29) is 11.8 Å². The van der Waals surface area contributed by atoms with E-state index in [2.05, 4.69) is 36.8 Å². The van der Waals surface area contributed by atoms with Gasteiger partial charge in [0.05, 0.1) is 19.8 Å². The number of halogens is 1. The van der Waals surface area contributed by atoms with E-state index < -0.39 is 11.9 Å². The fourth-order valence-corrected chi connectivity index (χ4v) is 4.24. The summed E-state index contributed by atoms with van der Waals surface area (Å²) < 4.78 is 11.4. The van der Waals surface area contributed by atoms with Gasteiger partial charge in [-0.3, -0.25) is 14.9 Å². The first-order chi connectivity index (χ1) is 15.9. The summed E-state index contributed by atoms with van der Waals surface area (Å²) in [6.07, 6.45) is 0.692. The highest BCUT2D eigenvalue weighted by atomic mass is 79.9. The number of carbonyl (C=O) groups is 2. The second kappa shape index (κ2) is 11.2. The van der Waals surface area contributed by atoms with Crippen LogP contribution in [0.2, 0.25) is 0 Å². The van der Waals surface area contributed by atoms with E-state index in [0.29, 0.717) is 33.6 Å². The third-order valence-electron chi connectivity index (χ3n) is 5.16. The number of nitrogens with one attached hydrogen (secondary N) is 2. The Balaban J connectivity index is 1.77. The van der Waals surface area contributed by atoms with Crippen molar-refractivity contribution in [1.29, 1.82) is 0 Å². The second-order valence-electron chi connectivity index (χ2n) is 7.31. The van der Waals surface area contributed by atoms with Crippen molar-refractivity contribution in [3.63, 3.8) is 0 Å². The SMILES string of the molecule is CC[C@@H](C)[C@@H](NC(=O)c1ccc(OC)cc1OC)C(=O)Nc1nnc(-c2cccc(Br)c2)s1. The molecule has 2 aromatic carbocycles. The van der Waals surface area contributed by atoms with Crippen LogP contribution in [-0.4, -0.2) is 42.3 Å². The van der Waals surface area contributed by atoms with Crippen LogP contribution in [0.1, 0.15) is 30.6 Å². The Morgan fingerprint density at radius 1 is 1.12 bits per heavy atom. The molecule has 3 rings (SSSR count). The van der Waals surface area contributed by atoms with E-state index in [9.17, 15) is 9.59 Å². The molecule has 0 aliphatic rings. The molecule has 0 aliphatic carbocycles. The Kier molecular flexibility index (Phi) is 8.40. The summed E-state index contributed by atoms with van der Waals surface area (Å²) in [4.78, 5) is 26.1. The number of ether oxygens (including phenoxy) is 2. The van der Waals surface area contributed by atoms with Gasteiger partial charge in [-0.15, -0.1) is 10.2 Å². The van der Waals surface area contributed by atoms with E-state index in [1.807, 2.05) is 38.1 Å².